The van der Waals surface area contributed by atoms with Crippen LogP contribution in [-0.2, 0) is 0 Å². The maximum absolute atomic E-state index is 3.23. The Bertz CT molecular complexity index is 222. The fourth-order valence-electron chi connectivity index (χ4n) is 1.20. The van der Waals surface area contributed by atoms with E-state index >= 15 is 0 Å². The molecule has 2 aliphatic rings. The molecule has 0 bridgehead atoms. The van der Waals surface area contributed by atoms with Gasteiger partial charge in [-0.25, -0.2) is 0 Å². The molecule has 2 heterocycles. The summed E-state index contributed by atoms with van der Waals surface area (Å²) in [5.74, 6) is 1.22. The lowest BCUT2D eigenvalue weighted by Gasteiger charge is -2.34. The van der Waals surface area contributed by atoms with E-state index in [2.05, 4.69) is 22.4 Å². The number of nitrogens with one attached hydrogen (secondary N) is 1. The highest BCUT2D eigenvalue weighted by molar-refractivity contribution is 5.21. The molecule has 1 N–H and O–H groups in total. The van der Waals surface area contributed by atoms with Crippen LogP contribution in [0.15, 0.2) is 36.3 Å². The zero-order chi connectivity index (χ0) is 7.52. The van der Waals surface area contributed by atoms with Crippen molar-refractivity contribution in [1.82, 2.24) is 10.2 Å². The van der Waals surface area contributed by atoms with Gasteiger partial charge < -0.3 is 10.2 Å². The summed E-state index contributed by atoms with van der Waals surface area (Å²) in [4.78, 5) is 2.33. The van der Waals surface area contributed by atoms with Crippen molar-refractivity contribution < 1.29 is 0 Å². The summed E-state index contributed by atoms with van der Waals surface area (Å²) < 4.78 is 0. The minimum absolute atomic E-state index is 1.19. The Morgan fingerprint density at radius 2 is 2.09 bits per heavy atom. The van der Waals surface area contributed by atoms with Gasteiger partial charge in [-0.1, -0.05) is 12.2 Å². The van der Waals surface area contributed by atoms with E-state index < -0.39 is 0 Å². The third-order valence-electron chi connectivity index (χ3n) is 2.00. The van der Waals surface area contributed by atoms with Crippen molar-refractivity contribution in [3.05, 3.63) is 36.3 Å². The van der Waals surface area contributed by atoms with Crippen LogP contribution in [0.4, 0.5) is 0 Å². The second-order valence-electron chi connectivity index (χ2n) is 2.78. The third-order valence-corrected chi connectivity index (χ3v) is 2.00. The predicted molar refractivity (Wildman–Crippen MR) is 45.7 cm³/mol. The van der Waals surface area contributed by atoms with Crippen LogP contribution < -0.4 is 5.32 Å². The fourth-order valence-corrected chi connectivity index (χ4v) is 1.20. The van der Waals surface area contributed by atoms with Crippen LogP contribution in [0.25, 0.3) is 0 Å². The minimum Gasteiger partial charge on any atom is -0.358 e. The quantitative estimate of drug-likeness (QED) is 0.601. The maximum Gasteiger partial charge on any atom is 0.105 e. The van der Waals surface area contributed by atoms with Gasteiger partial charge in [0.15, 0.2) is 0 Å². The highest BCUT2D eigenvalue weighted by atomic mass is 15.3. The highest BCUT2D eigenvalue weighted by Crippen LogP contribution is 2.12. The molecule has 11 heavy (non-hydrogen) atoms. The first-order valence-electron chi connectivity index (χ1n) is 4.02. The molecule has 0 aromatic carbocycles. The molecule has 1 fully saturated rings. The van der Waals surface area contributed by atoms with Gasteiger partial charge in [0.2, 0.25) is 0 Å². The summed E-state index contributed by atoms with van der Waals surface area (Å²) >= 11 is 0. The lowest BCUT2D eigenvalue weighted by molar-refractivity contribution is 0.227. The molecule has 58 valence electrons. The Kier molecular flexibility index (Phi) is 1.68. The van der Waals surface area contributed by atoms with Crippen LogP contribution in [0.3, 0.4) is 0 Å². The van der Waals surface area contributed by atoms with E-state index in [-0.39, 0.29) is 0 Å². The van der Waals surface area contributed by atoms with Crippen LogP contribution in [0, 0.1) is 0 Å². The first kappa shape index (κ1) is 6.53. The van der Waals surface area contributed by atoms with Crippen molar-refractivity contribution in [3.8, 4) is 0 Å². The summed E-state index contributed by atoms with van der Waals surface area (Å²) in [5.41, 5.74) is 0. The van der Waals surface area contributed by atoms with E-state index in [9.17, 15) is 0 Å². The number of hydrogen-bond donors (Lipinski definition) is 1. The molecule has 0 atom stereocenters. The molecule has 2 heteroatoms. The molecule has 2 nitrogen and oxygen atoms in total. The van der Waals surface area contributed by atoms with Crippen molar-refractivity contribution in [2.24, 2.45) is 0 Å². The largest absolute Gasteiger partial charge is 0.358 e. The van der Waals surface area contributed by atoms with E-state index in [0.717, 1.165) is 0 Å². The number of rotatable bonds is 1. The predicted octanol–water partition coefficient (Wildman–Crippen LogP) is 1.21. The molecular weight excluding hydrogens is 136 g/mol. The standard InChI is InChI=1S/C9H12N2/c1-2-5-9(10-6-3-1)11-7-4-8-11/h1-3,5-6,10H,4,7-8H2. The number of hydrogen-bond acceptors (Lipinski definition) is 2. The maximum atomic E-state index is 3.23. The van der Waals surface area contributed by atoms with Gasteiger partial charge in [-0.3, -0.25) is 0 Å². The summed E-state index contributed by atoms with van der Waals surface area (Å²) in [6.07, 6.45) is 11.5. The number of likely N-dealkylation sites (tertiary alicyclic amines) is 1. The SMILES string of the molecule is C1=CC=C(N2CCC2)NC=C1. The molecule has 2 rings (SSSR count). The Hall–Kier alpha value is -1.18. The number of allylic oxidation sites excluding steroid dienone is 4. The molecule has 0 aliphatic carbocycles. The molecular formula is C9H12N2. The molecule has 0 spiro atoms. The average molecular weight is 148 g/mol. The summed E-state index contributed by atoms with van der Waals surface area (Å²) in [7, 11) is 0. The lowest BCUT2D eigenvalue weighted by atomic mass is 10.2. The first-order chi connectivity index (χ1) is 5.47. The van der Waals surface area contributed by atoms with Gasteiger partial charge in [0, 0.05) is 19.3 Å². The Morgan fingerprint density at radius 1 is 1.18 bits per heavy atom. The van der Waals surface area contributed by atoms with Crippen molar-refractivity contribution in [1.29, 1.82) is 0 Å². The first-order valence-corrected chi connectivity index (χ1v) is 4.02. The highest BCUT2D eigenvalue weighted by Gasteiger charge is 2.15. The van der Waals surface area contributed by atoms with Gasteiger partial charge >= 0.3 is 0 Å². The van der Waals surface area contributed by atoms with Crippen molar-refractivity contribution in [3.63, 3.8) is 0 Å². The number of nitrogens with zero attached hydrogens (tertiary/aromatic N) is 1. The van der Waals surface area contributed by atoms with Crippen molar-refractivity contribution in [2.75, 3.05) is 13.1 Å². The monoisotopic (exact) mass is 148 g/mol. The molecule has 2 aliphatic heterocycles. The van der Waals surface area contributed by atoms with Crippen LogP contribution >= 0.6 is 0 Å². The van der Waals surface area contributed by atoms with E-state index in [0.29, 0.717) is 0 Å². The molecule has 0 aromatic heterocycles. The van der Waals surface area contributed by atoms with Gasteiger partial charge in [0.05, 0.1) is 0 Å². The molecule has 0 radical (unpaired) electrons. The third kappa shape index (κ3) is 1.29. The van der Waals surface area contributed by atoms with Gasteiger partial charge in [0.1, 0.15) is 5.82 Å². The van der Waals surface area contributed by atoms with Gasteiger partial charge in [-0.05, 0) is 18.6 Å². The van der Waals surface area contributed by atoms with Crippen molar-refractivity contribution in [2.45, 2.75) is 6.42 Å². The molecule has 0 amide bonds. The second-order valence-corrected chi connectivity index (χ2v) is 2.78. The molecule has 0 saturated carbocycles. The van der Waals surface area contributed by atoms with Crippen LogP contribution in [-0.4, -0.2) is 18.0 Å². The Morgan fingerprint density at radius 3 is 2.82 bits per heavy atom. The van der Waals surface area contributed by atoms with Crippen LogP contribution in [0.1, 0.15) is 6.42 Å². The van der Waals surface area contributed by atoms with Crippen molar-refractivity contribution >= 4 is 0 Å². The van der Waals surface area contributed by atoms with E-state index in [4.69, 9.17) is 0 Å². The average Bonchev–Trinajstić information content (AvgIpc) is 2.12. The van der Waals surface area contributed by atoms with Gasteiger partial charge in [0.25, 0.3) is 0 Å². The summed E-state index contributed by atoms with van der Waals surface area (Å²) in [6.45, 7) is 2.39. The summed E-state index contributed by atoms with van der Waals surface area (Å²) in [6, 6.07) is 0. The zero-order valence-electron chi connectivity index (χ0n) is 6.46. The van der Waals surface area contributed by atoms with E-state index in [1.807, 2.05) is 18.4 Å². The van der Waals surface area contributed by atoms with Gasteiger partial charge in [-0.2, -0.15) is 0 Å². The lowest BCUT2D eigenvalue weighted by Crippen LogP contribution is -2.40. The Balaban J connectivity index is 2.06. The van der Waals surface area contributed by atoms with E-state index in [1.165, 1.54) is 25.3 Å². The smallest absolute Gasteiger partial charge is 0.105 e. The molecule has 0 aromatic rings. The zero-order valence-corrected chi connectivity index (χ0v) is 6.46. The topological polar surface area (TPSA) is 15.3 Å². The Labute approximate surface area is 66.9 Å². The molecule has 1 saturated heterocycles. The summed E-state index contributed by atoms with van der Waals surface area (Å²) in [5, 5.41) is 3.23. The second kappa shape index (κ2) is 2.82. The normalized spacial score (nSPS) is 21.8. The molecule has 0 unspecified atom stereocenters. The van der Waals surface area contributed by atoms with Crippen LogP contribution in [0.5, 0.6) is 0 Å². The fraction of sp³-hybridized carbons (Fsp3) is 0.333. The van der Waals surface area contributed by atoms with Crippen LogP contribution in [0.2, 0.25) is 0 Å². The van der Waals surface area contributed by atoms with E-state index in [1.54, 1.807) is 0 Å². The minimum atomic E-state index is 1.19. The van der Waals surface area contributed by atoms with Gasteiger partial charge in [-0.15, -0.1) is 0 Å².